The molecule has 0 bridgehead atoms. The molecule has 1 atom stereocenters. The largest absolute Gasteiger partial charge is 0.507 e. The summed E-state index contributed by atoms with van der Waals surface area (Å²) in [4.78, 5) is 15.1. The van der Waals surface area contributed by atoms with Crippen molar-refractivity contribution < 1.29 is 14.3 Å². The van der Waals surface area contributed by atoms with Gasteiger partial charge in [-0.1, -0.05) is 53.0 Å². The zero-order valence-electron chi connectivity index (χ0n) is 17.7. The Morgan fingerprint density at radius 2 is 1.76 bits per heavy atom. The third-order valence-corrected chi connectivity index (χ3v) is 7.07. The fourth-order valence-corrected chi connectivity index (χ4v) is 4.71. The van der Waals surface area contributed by atoms with Crippen molar-refractivity contribution >= 4 is 40.7 Å². The lowest BCUT2D eigenvalue weighted by Gasteiger charge is -2.27. The van der Waals surface area contributed by atoms with Gasteiger partial charge in [0, 0.05) is 22.7 Å². The molecule has 2 heterocycles. The summed E-state index contributed by atoms with van der Waals surface area (Å²) in [6, 6.07) is 13.7. The Bertz CT molecular complexity index is 1440. The van der Waals surface area contributed by atoms with Crippen LogP contribution < -0.4 is 0 Å². The zero-order valence-corrected chi connectivity index (χ0v) is 20.0. The summed E-state index contributed by atoms with van der Waals surface area (Å²) in [7, 11) is 0. The Kier molecular flexibility index (Phi) is 5.76. The molecule has 5 rings (SSSR count). The van der Waals surface area contributed by atoms with Crippen LogP contribution in [0.1, 0.15) is 38.8 Å². The number of hydrogen-bond acceptors (Lipinski definition) is 3. The summed E-state index contributed by atoms with van der Waals surface area (Å²) in [5, 5.41) is 19.0. The first-order chi connectivity index (χ1) is 16.2. The molecule has 9 heteroatoms. The Balaban J connectivity index is 1.68. The van der Waals surface area contributed by atoms with Gasteiger partial charge >= 0.3 is 0 Å². The molecule has 5 nitrogen and oxygen atoms in total. The first-order valence-electron chi connectivity index (χ1n) is 10.3. The highest BCUT2D eigenvalue weighted by Crippen LogP contribution is 2.46. The molecule has 1 aliphatic heterocycles. The molecule has 3 aromatic carbocycles. The van der Waals surface area contributed by atoms with Gasteiger partial charge in [-0.2, -0.15) is 5.10 Å². The number of nitrogens with one attached hydrogen (secondary N) is 1. The van der Waals surface area contributed by atoms with Gasteiger partial charge in [-0.05, 0) is 60.0 Å². The Morgan fingerprint density at radius 3 is 2.47 bits per heavy atom. The van der Waals surface area contributed by atoms with Crippen LogP contribution in [0.5, 0.6) is 5.75 Å². The van der Waals surface area contributed by atoms with Crippen molar-refractivity contribution in [1.82, 2.24) is 15.1 Å². The van der Waals surface area contributed by atoms with Crippen molar-refractivity contribution in [3.63, 3.8) is 0 Å². The van der Waals surface area contributed by atoms with Gasteiger partial charge < -0.3 is 10.0 Å². The molecular formula is C25H17Cl3FN3O2. The van der Waals surface area contributed by atoms with E-state index in [0.717, 1.165) is 5.56 Å². The molecule has 1 unspecified atom stereocenters. The van der Waals surface area contributed by atoms with Crippen LogP contribution in [0.4, 0.5) is 4.39 Å². The van der Waals surface area contributed by atoms with Crippen molar-refractivity contribution in [3.05, 3.63) is 103 Å². The number of aryl methyl sites for hydroxylation is 1. The smallest absolute Gasteiger partial charge is 0.273 e. The second kappa shape index (κ2) is 8.62. The summed E-state index contributed by atoms with van der Waals surface area (Å²) in [6.07, 6.45) is 0. The molecule has 0 aliphatic carbocycles. The van der Waals surface area contributed by atoms with Gasteiger partial charge in [0.15, 0.2) is 0 Å². The number of nitrogens with zero attached hydrogens (tertiary/aromatic N) is 2. The highest BCUT2D eigenvalue weighted by molar-refractivity contribution is 6.42. The van der Waals surface area contributed by atoms with E-state index in [2.05, 4.69) is 10.2 Å². The summed E-state index contributed by atoms with van der Waals surface area (Å²) in [5.74, 6) is -0.652. The third-order valence-electron chi connectivity index (χ3n) is 5.92. The number of aromatic nitrogens is 2. The topological polar surface area (TPSA) is 69.2 Å². The number of aromatic amines is 1. The summed E-state index contributed by atoms with van der Waals surface area (Å²) in [5.41, 5.74) is 3.86. The van der Waals surface area contributed by atoms with Crippen LogP contribution in [-0.4, -0.2) is 26.1 Å². The number of aromatic hydroxyl groups is 1. The molecule has 1 amide bonds. The number of rotatable bonds is 4. The molecule has 34 heavy (non-hydrogen) atoms. The van der Waals surface area contributed by atoms with Crippen LogP contribution in [0.3, 0.4) is 0 Å². The van der Waals surface area contributed by atoms with Crippen LogP contribution in [-0.2, 0) is 6.54 Å². The van der Waals surface area contributed by atoms with Crippen molar-refractivity contribution in [1.29, 1.82) is 0 Å². The van der Waals surface area contributed by atoms with E-state index in [9.17, 15) is 14.3 Å². The first kappa shape index (κ1) is 22.7. The molecule has 1 aliphatic rings. The van der Waals surface area contributed by atoms with Crippen molar-refractivity contribution in [3.8, 4) is 17.0 Å². The fourth-order valence-electron chi connectivity index (χ4n) is 4.24. The molecule has 4 aromatic rings. The molecule has 172 valence electrons. The second-order valence-corrected chi connectivity index (χ2v) is 9.34. The first-order valence-corrected chi connectivity index (χ1v) is 11.5. The molecule has 1 aromatic heterocycles. The van der Waals surface area contributed by atoms with Gasteiger partial charge in [0.1, 0.15) is 23.0 Å². The van der Waals surface area contributed by atoms with E-state index in [1.807, 2.05) is 0 Å². The Hall–Kier alpha value is -3.06. The standard InChI is InChI=1S/C25H17Cl3FN3O2/c1-12-8-20(33)16(10-18(12)27)22-21-23(31-30-22)25(34)32(11-13-2-5-15(29)6-3-13)24(21)14-4-7-17(26)19(28)9-14/h2-10,24,33H,11H2,1H3,(H,30,31). The third kappa shape index (κ3) is 3.82. The monoisotopic (exact) mass is 515 g/mol. The van der Waals surface area contributed by atoms with Crippen molar-refractivity contribution in [2.75, 3.05) is 0 Å². The van der Waals surface area contributed by atoms with Crippen molar-refractivity contribution in [2.45, 2.75) is 19.5 Å². The van der Waals surface area contributed by atoms with Gasteiger partial charge in [0.25, 0.3) is 5.91 Å². The maximum Gasteiger partial charge on any atom is 0.273 e. The normalized spacial score (nSPS) is 15.1. The number of benzene rings is 3. The molecule has 0 radical (unpaired) electrons. The van der Waals surface area contributed by atoms with Crippen LogP contribution in [0, 0.1) is 12.7 Å². The van der Waals surface area contributed by atoms with E-state index in [1.54, 1.807) is 54.3 Å². The van der Waals surface area contributed by atoms with Gasteiger partial charge in [0.2, 0.25) is 0 Å². The lowest BCUT2D eigenvalue weighted by molar-refractivity contribution is 0.0730. The number of carbonyl (C=O) groups is 1. The molecule has 0 fully saturated rings. The second-order valence-electron chi connectivity index (χ2n) is 8.12. The number of amides is 1. The Morgan fingerprint density at radius 1 is 1.03 bits per heavy atom. The average Bonchev–Trinajstić information content (AvgIpc) is 3.34. The minimum Gasteiger partial charge on any atom is -0.507 e. The van der Waals surface area contributed by atoms with E-state index < -0.39 is 6.04 Å². The SMILES string of the molecule is Cc1cc(O)c(-c2n[nH]c3c2C(c2ccc(Cl)c(Cl)c2)N(Cc2ccc(F)cc2)C3=O)cc1Cl. The fraction of sp³-hybridized carbons (Fsp3) is 0.120. The van der Waals surface area contributed by atoms with Gasteiger partial charge in [0.05, 0.1) is 16.1 Å². The highest BCUT2D eigenvalue weighted by atomic mass is 35.5. The maximum absolute atomic E-state index is 13.5. The van der Waals surface area contributed by atoms with Gasteiger partial charge in [-0.3, -0.25) is 9.89 Å². The number of fused-ring (bicyclic) bond motifs is 1. The minimum atomic E-state index is -0.587. The summed E-state index contributed by atoms with van der Waals surface area (Å²) >= 11 is 18.8. The molecule has 2 N–H and O–H groups in total. The van der Waals surface area contributed by atoms with E-state index in [0.29, 0.717) is 48.7 Å². The Labute approximate surface area is 209 Å². The van der Waals surface area contributed by atoms with Crippen LogP contribution in [0.15, 0.2) is 54.6 Å². The lowest BCUT2D eigenvalue weighted by Crippen LogP contribution is -2.29. The predicted molar refractivity (Wildman–Crippen MR) is 130 cm³/mol. The molecule has 0 saturated carbocycles. The number of H-pyrrole nitrogens is 1. The van der Waals surface area contributed by atoms with Gasteiger partial charge in [-0.25, -0.2) is 4.39 Å². The summed E-state index contributed by atoms with van der Waals surface area (Å²) < 4.78 is 13.5. The van der Waals surface area contributed by atoms with E-state index in [-0.39, 0.29) is 24.0 Å². The average molecular weight is 517 g/mol. The quantitative estimate of drug-likeness (QED) is 0.309. The zero-order chi connectivity index (χ0) is 24.1. The maximum atomic E-state index is 13.5. The minimum absolute atomic E-state index is 0.00600. The van der Waals surface area contributed by atoms with E-state index in [4.69, 9.17) is 34.8 Å². The van der Waals surface area contributed by atoms with Gasteiger partial charge in [-0.15, -0.1) is 0 Å². The lowest BCUT2D eigenvalue weighted by atomic mass is 9.95. The number of hydrogen-bond donors (Lipinski definition) is 2. The van der Waals surface area contributed by atoms with E-state index in [1.165, 1.54) is 12.1 Å². The number of halogens is 4. The molecular weight excluding hydrogens is 500 g/mol. The van der Waals surface area contributed by atoms with Crippen LogP contribution in [0.2, 0.25) is 15.1 Å². The predicted octanol–water partition coefficient (Wildman–Crippen LogP) is 6.94. The molecule has 0 spiro atoms. The van der Waals surface area contributed by atoms with E-state index >= 15 is 0 Å². The summed E-state index contributed by atoms with van der Waals surface area (Å²) in [6.45, 7) is 2.00. The molecule has 0 saturated heterocycles. The number of phenolic OH excluding ortho intramolecular Hbond substituents is 1. The van der Waals surface area contributed by atoms with Crippen LogP contribution in [0.25, 0.3) is 11.3 Å². The van der Waals surface area contributed by atoms with Crippen LogP contribution >= 0.6 is 34.8 Å². The number of phenols is 1. The van der Waals surface area contributed by atoms with Crippen molar-refractivity contribution in [2.24, 2.45) is 0 Å². The number of carbonyl (C=O) groups excluding carboxylic acids is 1. The highest BCUT2D eigenvalue weighted by Gasteiger charge is 2.42.